The predicted molar refractivity (Wildman–Crippen MR) is 171 cm³/mol. The van der Waals surface area contributed by atoms with Crippen molar-refractivity contribution in [2.24, 2.45) is 0 Å². The molecule has 4 aromatic carbocycles. The molecule has 0 aliphatic heterocycles. The molecule has 3 aliphatic carbocycles. The molecule has 5 heteroatoms. The lowest BCUT2D eigenvalue weighted by Crippen LogP contribution is -2.20. The van der Waals surface area contributed by atoms with Crippen molar-refractivity contribution < 1.29 is 19.4 Å². The highest BCUT2D eigenvalue weighted by atomic mass is 16.6. The lowest BCUT2D eigenvalue weighted by atomic mass is 9.77. The fourth-order valence-corrected chi connectivity index (χ4v) is 7.43. The lowest BCUT2D eigenvalue weighted by molar-refractivity contribution is 0.288. The van der Waals surface area contributed by atoms with Crippen LogP contribution in [0.5, 0.6) is 11.5 Å². The van der Waals surface area contributed by atoms with Crippen molar-refractivity contribution in [2.45, 2.75) is 76.5 Å². The number of fused-ring (bicyclic) bond motifs is 3. The van der Waals surface area contributed by atoms with Crippen LogP contribution in [-0.4, -0.2) is 24.0 Å². The Bertz CT molecular complexity index is 1490. The number of ether oxygens (including phenoxy) is 1. The predicted octanol–water partition coefficient (Wildman–Crippen LogP) is 8.67. The maximum atomic E-state index is 8.34. The molecule has 0 saturated heterocycles. The molecule has 7 rings (SSSR count). The van der Waals surface area contributed by atoms with Crippen molar-refractivity contribution in [1.29, 1.82) is 0 Å². The number of rotatable bonds is 7. The topological polar surface area (TPSA) is 58.9 Å². The van der Waals surface area contributed by atoms with Crippen LogP contribution in [0.2, 0.25) is 0 Å². The lowest BCUT2D eigenvalue weighted by Gasteiger charge is -2.27. The summed E-state index contributed by atoms with van der Waals surface area (Å²) in [4.78, 5) is 0. The van der Waals surface area contributed by atoms with E-state index in [1.165, 1.54) is 79.2 Å². The van der Waals surface area contributed by atoms with Gasteiger partial charge < -0.3 is 19.4 Å². The van der Waals surface area contributed by atoms with Crippen molar-refractivity contribution in [3.05, 3.63) is 107 Å². The van der Waals surface area contributed by atoms with Crippen LogP contribution in [-0.2, 0) is 6.42 Å². The van der Waals surface area contributed by atoms with E-state index in [-0.39, 0.29) is 0 Å². The Labute approximate surface area is 250 Å². The number of hydrogen-bond donors (Lipinski definition) is 2. The van der Waals surface area contributed by atoms with Gasteiger partial charge in [0.05, 0.1) is 6.61 Å². The van der Waals surface area contributed by atoms with Gasteiger partial charge in [-0.05, 0) is 108 Å². The highest BCUT2D eigenvalue weighted by Crippen LogP contribution is 2.53. The van der Waals surface area contributed by atoms with Gasteiger partial charge in [-0.1, -0.05) is 92.4 Å². The monoisotopic (exact) mass is 560 g/mol. The van der Waals surface area contributed by atoms with Crippen LogP contribution in [0.4, 0.5) is 0 Å². The van der Waals surface area contributed by atoms with E-state index in [1.54, 1.807) is 41.0 Å². The Kier molecular flexibility index (Phi) is 8.97. The van der Waals surface area contributed by atoms with Crippen molar-refractivity contribution in [3.63, 3.8) is 0 Å². The van der Waals surface area contributed by atoms with E-state index >= 15 is 0 Å². The average molecular weight is 561 g/mol. The maximum Gasteiger partial charge on any atom is 0.707 e. The summed E-state index contributed by atoms with van der Waals surface area (Å²) in [6.07, 6.45) is 12.0. The standard InChI is InChI=1S/C31H34O.C6H7BO3/c1-2-32-29-18-10-9-17-25(29)31-28-19-23-15-7-8-16-24(23)27(28)20-26(21-11-3-4-12-21)30(31)22-13-5-6-14-22;8-7(9)10-6-4-2-1-3-5-6/h7-10,15-18,20-22H,2-6,11-14,19H2,1H3;1-5,8-9H. The van der Waals surface area contributed by atoms with Crippen LogP contribution in [0.15, 0.2) is 84.9 Å². The van der Waals surface area contributed by atoms with Gasteiger partial charge in [0.1, 0.15) is 11.5 Å². The molecule has 216 valence electrons. The van der Waals surface area contributed by atoms with Crippen molar-refractivity contribution in [2.75, 3.05) is 6.61 Å². The molecular formula is C37H41BO4. The summed E-state index contributed by atoms with van der Waals surface area (Å²) >= 11 is 0. The Morgan fingerprint density at radius 2 is 1.33 bits per heavy atom. The minimum absolute atomic E-state index is 0.442. The second-order valence-corrected chi connectivity index (χ2v) is 11.8. The zero-order chi connectivity index (χ0) is 28.9. The third kappa shape index (κ3) is 6.00. The van der Waals surface area contributed by atoms with E-state index in [4.69, 9.17) is 14.8 Å². The second-order valence-electron chi connectivity index (χ2n) is 11.8. The fraction of sp³-hybridized carbons (Fsp3) is 0.351. The Hall–Kier alpha value is -3.54. The molecule has 4 aromatic rings. The molecule has 0 aromatic heterocycles. The fourth-order valence-electron chi connectivity index (χ4n) is 7.43. The highest BCUT2D eigenvalue weighted by molar-refractivity contribution is 6.33. The summed E-state index contributed by atoms with van der Waals surface area (Å²) < 4.78 is 10.7. The Morgan fingerprint density at radius 1 is 0.714 bits per heavy atom. The van der Waals surface area contributed by atoms with Crippen LogP contribution in [0, 0.1) is 0 Å². The summed E-state index contributed by atoms with van der Waals surface area (Å²) in [5.41, 5.74) is 12.2. The van der Waals surface area contributed by atoms with Gasteiger partial charge in [0.15, 0.2) is 0 Å². The molecule has 0 atom stereocenters. The van der Waals surface area contributed by atoms with Gasteiger partial charge in [0.2, 0.25) is 0 Å². The summed E-state index contributed by atoms with van der Waals surface area (Å²) in [5, 5.41) is 16.7. The quantitative estimate of drug-likeness (QED) is 0.196. The number of para-hydroxylation sites is 2. The molecular weight excluding hydrogens is 519 g/mol. The van der Waals surface area contributed by atoms with Crippen molar-refractivity contribution in [1.82, 2.24) is 0 Å². The number of hydrogen-bond acceptors (Lipinski definition) is 4. The molecule has 0 spiro atoms. The summed E-state index contributed by atoms with van der Waals surface area (Å²) in [5.74, 6) is 2.92. The third-order valence-electron chi connectivity index (χ3n) is 9.18. The van der Waals surface area contributed by atoms with Gasteiger partial charge in [-0.25, -0.2) is 0 Å². The second kappa shape index (κ2) is 13.2. The van der Waals surface area contributed by atoms with Gasteiger partial charge >= 0.3 is 7.32 Å². The molecule has 4 nitrogen and oxygen atoms in total. The zero-order valence-electron chi connectivity index (χ0n) is 24.6. The average Bonchev–Trinajstić information content (AvgIpc) is 3.79. The molecule has 0 heterocycles. The molecule has 2 fully saturated rings. The molecule has 0 amide bonds. The molecule has 2 saturated carbocycles. The van der Waals surface area contributed by atoms with Crippen LogP contribution in [0.25, 0.3) is 22.3 Å². The van der Waals surface area contributed by atoms with E-state index in [0.29, 0.717) is 18.3 Å². The van der Waals surface area contributed by atoms with E-state index in [0.717, 1.165) is 18.1 Å². The van der Waals surface area contributed by atoms with Gasteiger partial charge in [0, 0.05) is 5.56 Å². The SMILES string of the molecule is CCOc1ccccc1-c1c2c(cc(C3CCCC3)c1C1CCCC1)-c1ccccc1C2.OB(O)Oc1ccccc1. The van der Waals surface area contributed by atoms with Crippen molar-refractivity contribution in [3.8, 4) is 33.8 Å². The Morgan fingerprint density at radius 3 is 2.02 bits per heavy atom. The van der Waals surface area contributed by atoms with E-state index in [2.05, 4.69) is 66.2 Å². The van der Waals surface area contributed by atoms with Gasteiger partial charge in [-0.15, -0.1) is 0 Å². The minimum atomic E-state index is -1.73. The first-order valence-electron chi connectivity index (χ1n) is 15.7. The summed E-state index contributed by atoms with van der Waals surface area (Å²) in [6, 6.07) is 29.1. The van der Waals surface area contributed by atoms with E-state index < -0.39 is 7.32 Å². The third-order valence-corrected chi connectivity index (χ3v) is 9.18. The van der Waals surface area contributed by atoms with E-state index in [9.17, 15) is 0 Å². The summed E-state index contributed by atoms with van der Waals surface area (Å²) in [7, 11) is -1.73. The van der Waals surface area contributed by atoms with E-state index in [1.807, 2.05) is 6.07 Å². The smallest absolute Gasteiger partial charge is 0.512 e. The normalized spacial score (nSPS) is 16.0. The largest absolute Gasteiger partial charge is 0.707 e. The summed E-state index contributed by atoms with van der Waals surface area (Å²) in [6.45, 7) is 2.81. The zero-order valence-corrected chi connectivity index (χ0v) is 24.6. The van der Waals surface area contributed by atoms with Gasteiger partial charge in [-0.3, -0.25) is 0 Å². The molecule has 0 unspecified atom stereocenters. The number of benzene rings is 4. The van der Waals surface area contributed by atoms with Crippen molar-refractivity contribution >= 4 is 7.32 Å². The van der Waals surface area contributed by atoms with Crippen LogP contribution in [0.3, 0.4) is 0 Å². The molecule has 0 bridgehead atoms. The van der Waals surface area contributed by atoms with Gasteiger partial charge in [-0.2, -0.15) is 0 Å². The molecule has 0 radical (unpaired) electrons. The first-order chi connectivity index (χ1) is 20.6. The Balaban J connectivity index is 0.000000269. The molecule has 42 heavy (non-hydrogen) atoms. The van der Waals surface area contributed by atoms with Crippen LogP contribution in [0.1, 0.15) is 92.4 Å². The minimum Gasteiger partial charge on any atom is -0.512 e. The van der Waals surface area contributed by atoms with Gasteiger partial charge in [0.25, 0.3) is 0 Å². The van der Waals surface area contributed by atoms with Crippen LogP contribution >= 0.6 is 0 Å². The first-order valence-corrected chi connectivity index (χ1v) is 15.7. The van der Waals surface area contributed by atoms with Crippen LogP contribution < -0.4 is 9.39 Å². The first kappa shape index (κ1) is 28.6. The highest BCUT2D eigenvalue weighted by Gasteiger charge is 2.34. The molecule has 3 aliphatic rings. The molecule has 2 N–H and O–H groups in total. The maximum absolute atomic E-state index is 8.34.